The van der Waals surface area contributed by atoms with Crippen molar-refractivity contribution in [2.24, 2.45) is 0 Å². The van der Waals surface area contributed by atoms with E-state index in [-0.39, 0.29) is 13.2 Å². The third-order valence-corrected chi connectivity index (χ3v) is 3.50. The summed E-state index contributed by atoms with van der Waals surface area (Å²) in [5, 5.41) is 22.2. The van der Waals surface area contributed by atoms with Gasteiger partial charge in [-0.05, 0) is 37.4 Å². The zero-order chi connectivity index (χ0) is 15.1. The minimum Gasteiger partial charge on any atom is -0.480 e. The monoisotopic (exact) mass is 290 g/mol. The number of aromatic nitrogens is 1. The number of rotatable bonds is 9. The summed E-state index contributed by atoms with van der Waals surface area (Å²) in [6, 6.07) is 7.87. The second kappa shape index (κ2) is 7.81. The molecule has 0 unspecified atom stereocenters. The summed E-state index contributed by atoms with van der Waals surface area (Å²) in [4.78, 5) is 10.9. The third-order valence-electron chi connectivity index (χ3n) is 3.50. The van der Waals surface area contributed by atoms with Gasteiger partial charge in [-0.2, -0.15) is 0 Å². The summed E-state index contributed by atoms with van der Waals surface area (Å²) in [6.07, 6.45) is 4.82. The standard InChI is InChI=1S/C16H22N2O3/c19-9-5-1-4-8-17-10-13-11-18(12-16(20)21)15-7-3-2-6-14(13)15/h2-3,6-7,11,17,19H,1,4-5,8-10,12H2,(H,20,21). The minimum atomic E-state index is -0.834. The third kappa shape index (κ3) is 4.31. The quantitative estimate of drug-likeness (QED) is 0.617. The molecule has 1 aromatic carbocycles. The number of carbonyl (C=O) groups is 1. The lowest BCUT2D eigenvalue weighted by molar-refractivity contribution is -0.137. The number of hydrogen-bond donors (Lipinski definition) is 3. The number of benzene rings is 1. The van der Waals surface area contributed by atoms with E-state index in [0.29, 0.717) is 0 Å². The van der Waals surface area contributed by atoms with Crippen LogP contribution in [0.25, 0.3) is 10.9 Å². The summed E-state index contributed by atoms with van der Waals surface area (Å²) in [6.45, 7) is 1.87. The molecule has 0 radical (unpaired) electrons. The number of unbranched alkanes of at least 4 members (excludes halogenated alkanes) is 2. The number of para-hydroxylation sites is 1. The van der Waals surface area contributed by atoms with Gasteiger partial charge in [0.25, 0.3) is 0 Å². The molecule has 114 valence electrons. The maximum Gasteiger partial charge on any atom is 0.323 e. The molecule has 0 saturated carbocycles. The predicted molar refractivity (Wildman–Crippen MR) is 82.2 cm³/mol. The fraction of sp³-hybridized carbons (Fsp3) is 0.438. The molecule has 0 aliphatic carbocycles. The van der Waals surface area contributed by atoms with Crippen molar-refractivity contribution in [2.45, 2.75) is 32.4 Å². The number of carboxylic acids is 1. The number of carboxylic acid groups (broad SMARTS) is 1. The van der Waals surface area contributed by atoms with Crippen LogP contribution in [0.1, 0.15) is 24.8 Å². The van der Waals surface area contributed by atoms with Crippen LogP contribution in [-0.4, -0.2) is 33.9 Å². The number of aliphatic hydroxyl groups excluding tert-OH is 1. The van der Waals surface area contributed by atoms with E-state index < -0.39 is 5.97 Å². The Morgan fingerprint density at radius 2 is 2.00 bits per heavy atom. The topological polar surface area (TPSA) is 74.5 Å². The van der Waals surface area contributed by atoms with E-state index in [1.165, 1.54) is 0 Å². The van der Waals surface area contributed by atoms with Gasteiger partial charge in [-0.25, -0.2) is 0 Å². The van der Waals surface area contributed by atoms with Crippen LogP contribution in [0.3, 0.4) is 0 Å². The van der Waals surface area contributed by atoms with Crippen LogP contribution in [0, 0.1) is 0 Å². The molecular formula is C16H22N2O3. The molecule has 0 aliphatic rings. The molecule has 0 amide bonds. The Labute approximate surface area is 124 Å². The van der Waals surface area contributed by atoms with Crippen molar-refractivity contribution < 1.29 is 15.0 Å². The number of aliphatic carboxylic acids is 1. The van der Waals surface area contributed by atoms with Crippen molar-refractivity contribution >= 4 is 16.9 Å². The molecule has 2 rings (SSSR count). The Balaban J connectivity index is 2.00. The van der Waals surface area contributed by atoms with Crippen LogP contribution in [0.15, 0.2) is 30.5 Å². The highest BCUT2D eigenvalue weighted by molar-refractivity contribution is 5.85. The fourth-order valence-electron chi connectivity index (χ4n) is 2.50. The van der Waals surface area contributed by atoms with Gasteiger partial charge >= 0.3 is 5.97 Å². The molecule has 0 atom stereocenters. The molecule has 3 N–H and O–H groups in total. The molecule has 5 nitrogen and oxygen atoms in total. The summed E-state index contributed by atoms with van der Waals surface area (Å²) in [5.41, 5.74) is 2.07. The van der Waals surface area contributed by atoms with Crippen molar-refractivity contribution in [1.29, 1.82) is 0 Å². The van der Waals surface area contributed by atoms with Gasteiger partial charge in [-0.15, -0.1) is 0 Å². The summed E-state index contributed by atoms with van der Waals surface area (Å²) in [7, 11) is 0. The largest absolute Gasteiger partial charge is 0.480 e. The van der Waals surface area contributed by atoms with Gasteiger partial charge < -0.3 is 20.1 Å². The molecule has 1 heterocycles. The lowest BCUT2D eigenvalue weighted by atomic mass is 10.2. The Hall–Kier alpha value is -1.85. The normalized spacial score (nSPS) is 11.1. The number of nitrogens with one attached hydrogen (secondary N) is 1. The zero-order valence-electron chi connectivity index (χ0n) is 12.1. The Morgan fingerprint density at radius 1 is 1.19 bits per heavy atom. The maximum absolute atomic E-state index is 10.9. The van der Waals surface area contributed by atoms with Crippen molar-refractivity contribution in [3.8, 4) is 0 Å². The second-order valence-corrected chi connectivity index (χ2v) is 5.15. The van der Waals surface area contributed by atoms with Crippen LogP contribution in [0.5, 0.6) is 0 Å². The first-order valence-electron chi connectivity index (χ1n) is 7.32. The summed E-state index contributed by atoms with van der Waals surface area (Å²) in [5.74, 6) is -0.834. The van der Waals surface area contributed by atoms with Crippen LogP contribution >= 0.6 is 0 Å². The summed E-state index contributed by atoms with van der Waals surface area (Å²) < 4.78 is 1.78. The van der Waals surface area contributed by atoms with Crippen molar-refractivity contribution in [3.05, 3.63) is 36.0 Å². The summed E-state index contributed by atoms with van der Waals surface area (Å²) >= 11 is 0. The first-order valence-corrected chi connectivity index (χ1v) is 7.32. The van der Waals surface area contributed by atoms with Gasteiger partial charge in [-0.1, -0.05) is 18.2 Å². The SMILES string of the molecule is O=C(O)Cn1cc(CNCCCCCO)c2ccccc21. The van der Waals surface area contributed by atoms with Crippen LogP contribution in [0.2, 0.25) is 0 Å². The lowest BCUT2D eigenvalue weighted by Gasteiger charge is -2.03. The average molecular weight is 290 g/mol. The van der Waals surface area contributed by atoms with E-state index in [4.69, 9.17) is 10.2 Å². The van der Waals surface area contributed by atoms with Gasteiger partial charge in [0.15, 0.2) is 0 Å². The predicted octanol–water partition coefficient (Wildman–Crippen LogP) is 1.98. The van der Waals surface area contributed by atoms with Gasteiger partial charge in [0, 0.05) is 30.3 Å². The van der Waals surface area contributed by atoms with Crippen molar-refractivity contribution in [1.82, 2.24) is 9.88 Å². The zero-order valence-corrected chi connectivity index (χ0v) is 12.1. The first-order chi connectivity index (χ1) is 10.2. The Kier molecular flexibility index (Phi) is 5.78. The smallest absolute Gasteiger partial charge is 0.323 e. The highest BCUT2D eigenvalue weighted by atomic mass is 16.4. The number of fused-ring (bicyclic) bond motifs is 1. The molecule has 1 aromatic heterocycles. The second-order valence-electron chi connectivity index (χ2n) is 5.15. The van der Waals surface area contributed by atoms with E-state index in [1.807, 2.05) is 30.5 Å². The Morgan fingerprint density at radius 3 is 2.76 bits per heavy atom. The van der Waals surface area contributed by atoms with Crippen LogP contribution < -0.4 is 5.32 Å². The van der Waals surface area contributed by atoms with E-state index in [9.17, 15) is 4.79 Å². The van der Waals surface area contributed by atoms with Gasteiger partial charge in [0.2, 0.25) is 0 Å². The van der Waals surface area contributed by atoms with E-state index in [0.717, 1.165) is 48.8 Å². The molecule has 5 heteroatoms. The lowest BCUT2D eigenvalue weighted by Crippen LogP contribution is -2.14. The van der Waals surface area contributed by atoms with E-state index in [2.05, 4.69) is 5.32 Å². The van der Waals surface area contributed by atoms with Crippen LogP contribution in [0.4, 0.5) is 0 Å². The van der Waals surface area contributed by atoms with E-state index in [1.54, 1.807) is 4.57 Å². The fourth-order valence-corrected chi connectivity index (χ4v) is 2.50. The van der Waals surface area contributed by atoms with Crippen molar-refractivity contribution in [2.75, 3.05) is 13.2 Å². The molecular weight excluding hydrogens is 268 g/mol. The molecule has 0 saturated heterocycles. The number of nitrogens with zero attached hydrogens (tertiary/aromatic N) is 1. The molecule has 0 aliphatic heterocycles. The first kappa shape index (κ1) is 15.5. The van der Waals surface area contributed by atoms with Crippen LogP contribution in [-0.2, 0) is 17.9 Å². The van der Waals surface area contributed by atoms with Gasteiger partial charge in [-0.3, -0.25) is 4.79 Å². The molecule has 0 bridgehead atoms. The van der Waals surface area contributed by atoms with Crippen molar-refractivity contribution in [3.63, 3.8) is 0 Å². The Bertz CT molecular complexity index is 592. The molecule has 0 fully saturated rings. The molecule has 2 aromatic rings. The highest BCUT2D eigenvalue weighted by Gasteiger charge is 2.09. The minimum absolute atomic E-state index is 0.0169. The average Bonchev–Trinajstić information content (AvgIpc) is 2.81. The molecule has 0 spiro atoms. The number of aliphatic hydroxyl groups is 1. The molecule has 21 heavy (non-hydrogen) atoms. The van der Waals surface area contributed by atoms with Gasteiger partial charge in [0.05, 0.1) is 0 Å². The maximum atomic E-state index is 10.9. The van der Waals surface area contributed by atoms with E-state index >= 15 is 0 Å². The number of hydrogen-bond acceptors (Lipinski definition) is 3. The highest BCUT2D eigenvalue weighted by Crippen LogP contribution is 2.21. The van der Waals surface area contributed by atoms with Gasteiger partial charge in [0.1, 0.15) is 6.54 Å².